The van der Waals surface area contributed by atoms with Crippen molar-refractivity contribution < 1.29 is 9.84 Å². The average Bonchev–Trinajstić information content (AvgIpc) is 2.95. The summed E-state index contributed by atoms with van der Waals surface area (Å²) < 4.78 is 6.12. The summed E-state index contributed by atoms with van der Waals surface area (Å²) in [5.41, 5.74) is 4.68. The number of hydrogen-bond donors (Lipinski definition) is 3. The highest BCUT2D eigenvalue weighted by molar-refractivity contribution is 5.32. The van der Waals surface area contributed by atoms with Gasteiger partial charge in [0.2, 0.25) is 0 Å². The highest BCUT2D eigenvalue weighted by Crippen LogP contribution is 2.26. The van der Waals surface area contributed by atoms with Crippen LogP contribution in [0, 0.1) is 20.8 Å². The molecule has 1 saturated carbocycles. The van der Waals surface area contributed by atoms with Gasteiger partial charge in [-0.1, -0.05) is 18.2 Å². The normalized spacial score (nSPS) is 23.2. The number of aliphatic hydroxyl groups excluding tert-OH is 1. The summed E-state index contributed by atoms with van der Waals surface area (Å²) in [7, 11) is 0. The Morgan fingerprint density at radius 3 is 2.77 bits per heavy atom. The Kier molecular flexibility index (Phi) is 6.33. The maximum atomic E-state index is 10.7. The molecule has 1 aromatic heterocycles. The number of ether oxygens (including phenoxy) is 1. The molecule has 0 spiro atoms. The van der Waals surface area contributed by atoms with E-state index in [2.05, 4.69) is 22.4 Å². The van der Waals surface area contributed by atoms with Crippen LogP contribution in [-0.4, -0.2) is 40.1 Å². The summed E-state index contributed by atoms with van der Waals surface area (Å²) in [6.45, 7) is 7.05. The Morgan fingerprint density at radius 1 is 1.23 bits per heavy atom. The standard InChI is InChI=1S/C21H31N3O2/c1-14-8-4-5-11-19(14)26-20-12-6-10-18(21(20)25)22-13-7-9-17-15(2)23-24-16(17)3/h4-5,8,11,18,20-22,25H,6-7,9-10,12-13H2,1-3H3,(H,23,24)/t18-,20+,21+/m0/s1. The van der Waals surface area contributed by atoms with Crippen LogP contribution in [0.4, 0.5) is 0 Å². The van der Waals surface area contributed by atoms with Crippen molar-refractivity contribution in [2.45, 2.75) is 71.1 Å². The van der Waals surface area contributed by atoms with Gasteiger partial charge in [0.05, 0.1) is 5.69 Å². The van der Waals surface area contributed by atoms with Crippen LogP contribution in [0.2, 0.25) is 0 Å². The summed E-state index contributed by atoms with van der Waals surface area (Å²) in [6.07, 6.45) is 4.41. The molecule has 0 amide bonds. The molecule has 3 rings (SSSR count). The van der Waals surface area contributed by atoms with Crippen LogP contribution in [0.25, 0.3) is 0 Å². The number of hydrogen-bond acceptors (Lipinski definition) is 4. The van der Waals surface area contributed by atoms with E-state index in [9.17, 15) is 5.11 Å². The van der Waals surface area contributed by atoms with Gasteiger partial charge >= 0.3 is 0 Å². The third-order valence-electron chi connectivity index (χ3n) is 5.46. The third-order valence-corrected chi connectivity index (χ3v) is 5.46. The summed E-state index contributed by atoms with van der Waals surface area (Å²) in [5.74, 6) is 0.878. The summed E-state index contributed by atoms with van der Waals surface area (Å²) in [4.78, 5) is 0. The van der Waals surface area contributed by atoms with Crippen LogP contribution in [0.3, 0.4) is 0 Å². The topological polar surface area (TPSA) is 70.2 Å². The first-order chi connectivity index (χ1) is 12.6. The smallest absolute Gasteiger partial charge is 0.126 e. The van der Waals surface area contributed by atoms with Crippen molar-refractivity contribution in [2.75, 3.05) is 6.54 Å². The predicted molar refractivity (Wildman–Crippen MR) is 104 cm³/mol. The molecule has 2 aromatic rings. The molecule has 0 unspecified atom stereocenters. The zero-order chi connectivity index (χ0) is 18.5. The molecule has 3 N–H and O–H groups in total. The number of benzene rings is 1. The first-order valence-corrected chi connectivity index (χ1v) is 9.70. The molecule has 26 heavy (non-hydrogen) atoms. The SMILES string of the molecule is Cc1ccccc1O[C@@H]1CCC[C@H](NCCCc2c(C)n[nH]c2C)[C@H]1O. The van der Waals surface area contributed by atoms with Gasteiger partial charge < -0.3 is 15.2 Å². The quantitative estimate of drug-likeness (QED) is 0.666. The number of aromatic amines is 1. The van der Waals surface area contributed by atoms with Crippen molar-refractivity contribution in [3.63, 3.8) is 0 Å². The number of aryl methyl sites for hydroxylation is 3. The number of aliphatic hydroxyl groups is 1. The lowest BCUT2D eigenvalue weighted by atomic mass is 9.89. The monoisotopic (exact) mass is 357 g/mol. The van der Waals surface area contributed by atoms with Crippen molar-refractivity contribution in [3.8, 4) is 5.75 Å². The second-order valence-corrected chi connectivity index (χ2v) is 7.42. The first-order valence-electron chi connectivity index (χ1n) is 9.70. The zero-order valence-electron chi connectivity index (χ0n) is 16.1. The van der Waals surface area contributed by atoms with Gasteiger partial charge in [-0.15, -0.1) is 0 Å². The molecule has 1 fully saturated rings. The van der Waals surface area contributed by atoms with Crippen LogP contribution in [0.5, 0.6) is 5.75 Å². The van der Waals surface area contributed by atoms with Crippen molar-refractivity contribution in [1.29, 1.82) is 0 Å². The molecule has 1 aliphatic carbocycles. The average molecular weight is 357 g/mol. The van der Waals surface area contributed by atoms with Gasteiger partial charge in [0.25, 0.3) is 0 Å². The molecular formula is C21H31N3O2. The van der Waals surface area contributed by atoms with Gasteiger partial charge in [0.15, 0.2) is 0 Å². The minimum absolute atomic E-state index is 0.101. The van der Waals surface area contributed by atoms with Gasteiger partial charge in [-0.25, -0.2) is 0 Å². The van der Waals surface area contributed by atoms with E-state index in [-0.39, 0.29) is 12.1 Å². The molecule has 142 valence electrons. The number of nitrogens with zero attached hydrogens (tertiary/aromatic N) is 1. The minimum Gasteiger partial charge on any atom is -0.487 e. The van der Waals surface area contributed by atoms with Crippen molar-refractivity contribution in [1.82, 2.24) is 15.5 Å². The van der Waals surface area contributed by atoms with E-state index in [1.807, 2.05) is 38.1 Å². The van der Waals surface area contributed by atoms with Gasteiger partial charge in [-0.2, -0.15) is 5.10 Å². The van der Waals surface area contributed by atoms with Gasteiger partial charge in [0, 0.05) is 11.7 Å². The maximum Gasteiger partial charge on any atom is 0.126 e. The first kappa shape index (κ1) is 18.9. The van der Waals surface area contributed by atoms with Crippen LogP contribution >= 0.6 is 0 Å². The lowest BCUT2D eigenvalue weighted by molar-refractivity contribution is -0.0155. The molecule has 1 aromatic carbocycles. The Balaban J connectivity index is 1.48. The van der Waals surface area contributed by atoms with E-state index in [1.165, 1.54) is 5.56 Å². The van der Waals surface area contributed by atoms with Crippen LogP contribution in [-0.2, 0) is 6.42 Å². The number of aromatic nitrogens is 2. The van der Waals surface area contributed by atoms with Gasteiger partial charge in [-0.3, -0.25) is 5.10 Å². The second kappa shape index (κ2) is 8.69. The lowest BCUT2D eigenvalue weighted by Crippen LogP contribution is -2.51. The van der Waals surface area contributed by atoms with Crippen molar-refractivity contribution in [3.05, 3.63) is 46.8 Å². The Morgan fingerprint density at radius 2 is 2.04 bits per heavy atom. The summed E-state index contributed by atoms with van der Waals surface area (Å²) in [6, 6.07) is 8.11. The molecule has 3 atom stereocenters. The van der Waals surface area contributed by atoms with E-state index in [0.29, 0.717) is 0 Å². The summed E-state index contributed by atoms with van der Waals surface area (Å²) in [5, 5.41) is 21.6. The Hall–Kier alpha value is -1.85. The highest BCUT2D eigenvalue weighted by atomic mass is 16.5. The molecule has 0 saturated heterocycles. The zero-order valence-corrected chi connectivity index (χ0v) is 16.1. The van der Waals surface area contributed by atoms with E-state index >= 15 is 0 Å². The van der Waals surface area contributed by atoms with Gasteiger partial charge in [-0.05, 0) is 76.6 Å². The number of rotatable bonds is 7. The fraction of sp³-hybridized carbons (Fsp3) is 0.571. The second-order valence-electron chi connectivity index (χ2n) is 7.42. The molecule has 0 bridgehead atoms. The fourth-order valence-corrected chi connectivity index (χ4v) is 3.84. The van der Waals surface area contributed by atoms with E-state index in [4.69, 9.17) is 4.74 Å². The highest BCUT2D eigenvalue weighted by Gasteiger charge is 2.33. The number of H-pyrrole nitrogens is 1. The Bertz CT molecular complexity index is 694. The van der Waals surface area contributed by atoms with Gasteiger partial charge in [0.1, 0.15) is 18.0 Å². The number of nitrogens with one attached hydrogen (secondary N) is 2. The third kappa shape index (κ3) is 4.46. The van der Waals surface area contributed by atoms with E-state index < -0.39 is 6.10 Å². The van der Waals surface area contributed by atoms with Crippen molar-refractivity contribution in [2.24, 2.45) is 0 Å². The molecule has 0 aliphatic heterocycles. The van der Waals surface area contributed by atoms with Crippen molar-refractivity contribution >= 4 is 0 Å². The molecule has 1 heterocycles. The molecule has 0 radical (unpaired) electrons. The lowest BCUT2D eigenvalue weighted by Gasteiger charge is -2.35. The van der Waals surface area contributed by atoms with E-state index in [1.54, 1.807) is 0 Å². The Labute approximate surface area is 156 Å². The molecule has 5 nitrogen and oxygen atoms in total. The van der Waals surface area contributed by atoms with Crippen LogP contribution in [0.1, 0.15) is 48.2 Å². The maximum absolute atomic E-state index is 10.7. The summed E-state index contributed by atoms with van der Waals surface area (Å²) >= 11 is 0. The van der Waals surface area contributed by atoms with Crippen LogP contribution < -0.4 is 10.1 Å². The molecule has 1 aliphatic rings. The minimum atomic E-state index is -0.472. The van der Waals surface area contributed by atoms with E-state index in [0.717, 1.165) is 61.3 Å². The number of para-hydroxylation sites is 1. The molecule has 5 heteroatoms. The fourth-order valence-electron chi connectivity index (χ4n) is 3.84. The molecular weight excluding hydrogens is 326 g/mol. The predicted octanol–water partition coefficient (Wildman–Crippen LogP) is 3.22. The largest absolute Gasteiger partial charge is 0.487 e. The van der Waals surface area contributed by atoms with Crippen LogP contribution in [0.15, 0.2) is 24.3 Å².